The quantitative estimate of drug-likeness (QED) is 0.906. The van der Waals surface area contributed by atoms with Gasteiger partial charge in [-0.05, 0) is 45.8 Å². The Morgan fingerprint density at radius 2 is 1.72 bits per heavy atom. The van der Waals surface area contributed by atoms with E-state index < -0.39 is 17.6 Å². The second-order valence-corrected chi connectivity index (χ2v) is 4.45. The van der Waals surface area contributed by atoms with Gasteiger partial charge < -0.3 is 5.11 Å². The Balaban J connectivity index is 2.65. The third-order valence-electron chi connectivity index (χ3n) is 2.45. The van der Waals surface area contributed by atoms with Crippen LogP contribution in [0.3, 0.4) is 0 Å². The molecule has 0 heterocycles. The van der Waals surface area contributed by atoms with E-state index in [1.165, 1.54) is 24.3 Å². The van der Waals surface area contributed by atoms with Crippen LogP contribution in [0, 0.1) is 11.6 Å². The molecule has 2 aromatic carbocycles. The zero-order chi connectivity index (χ0) is 13.3. The van der Waals surface area contributed by atoms with Gasteiger partial charge in [0.2, 0.25) is 0 Å². The summed E-state index contributed by atoms with van der Waals surface area (Å²) >= 11 is 3.07. The average molecular weight is 313 g/mol. The molecule has 0 aliphatic carbocycles. The number of hydrogen-bond acceptors (Lipinski definition) is 1. The molecular weight excluding hydrogens is 306 g/mol. The molecule has 0 radical (unpaired) electrons. The third-order valence-corrected chi connectivity index (χ3v) is 3.14. The number of carboxylic acids is 1. The van der Waals surface area contributed by atoms with Crippen LogP contribution < -0.4 is 0 Å². The summed E-state index contributed by atoms with van der Waals surface area (Å²) in [6.07, 6.45) is 0. The first-order chi connectivity index (χ1) is 8.50. The highest BCUT2D eigenvalue weighted by atomic mass is 79.9. The van der Waals surface area contributed by atoms with Crippen LogP contribution in [0.1, 0.15) is 10.4 Å². The van der Waals surface area contributed by atoms with Crippen LogP contribution in [0.25, 0.3) is 11.1 Å². The van der Waals surface area contributed by atoms with Gasteiger partial charge in [-0.25, -0.2) is 13.6 Å². The maximum atomic E-state index is 13.6. The highest BCUT2D eigenvalue weighted by Crippen LogP contribution is 2.29. The van der Waals surface area contributed by atoms with Crippen molar-refractivity contribution in [1.29, 1.82) is 0 Å². The Morgan fingerprint density at radius 3 is 2.28 bits per heavy atom. The molecule has 0 unspecified atom stereocenters. The fraction of sp³-hybridized carbons (Fsp3) is 0. The lowest BCUT2D eigenvalue weighted by Crippen LogP contribution is -1.99. The first-order valence-corrected chi connectivity index (χ1v) is 5.77. The molecule has 0 atom stereocenters. The van der Waals surface area contributed by atoms with Gasteiger partial charge in [0.25, 0.3) is 0 Å². The van der Waals surface area contributed by atoms with Crippen molar-refractivity contribution in [2.24, 2.45) is 0 Å². The second-order valence-electron chi connectivity index (χ2n) is 3.60. The highest BCUT2D eigenvalue weighted by molar-refractivity contribution is 9.10. The molecule has 0 saturated carbocycles. The summed E-state index contributed by atoms with van der Waals surface area (Å²) < 4.78 is 27.5. The first kappa shape index (κ1) is 12.7. The number of hydrogen-bond donors (Lipinski definition) is 1. The number of benzene rings is 2. The summed E-state index contributed by atoms with van der Waals surface area (Å²) in [5.41, 5.74) is -0.0890. The predicted molar refractivity (Wildman–Crippen MR) is 66.5 cm³/mol. The molecule has 0 aliphatic rings. The van der Waals surface area contributed by atoms with Crippen molar-refractivity contribution in [3.8, 4) is 11.1 Å². The molecule has 18 heavy (non-hydrogen) atoms. The van der Waals surface area contributed by atoms with E-state index in [1.54, 1.807) is 0 Å². The van der Waals surface area contributed by atoms with E-state index in [9.17, 15) is 13.6 Å². The van der Waals surface area contributed by atoms with Crippen LogP contribution in [0.5, 0.6) is 0 Å². The minimum atomic E-state index is -1.17. The van der Waals surface area contributed by atoms with Crippen LogP contribution in [0.4, 0.5) is 8.78 Å². The molecule has 0 aromatic heterocycles. The van der Waals surface area contributed by atoms with Crippen LogP contribution in [0.2, 0.25) is 0 Å². The number of aromatic carboxylic acids is 1. The lowest BCUT2D eigenvalue weighted by Gasteiger charge is -2.07. The summed E-state index contributed by atoms with van der Waals surface area (Å²) in [5, 5.41) is 8.96. The van der Waals surface area contributed by atoms with Crippen molar-refractivity contribution in [1.82, 2.24) is 0 Å². The van der Waals surface area contributed by atoms with Crippen molar-refractivity contribution < 1.29 is 18.7 Å². The van der Waals surface area contributed by atoms with E-state index in [0.717, 1.165) is 12.1 Å². The Morgan fingerprint density at radius 1 is 1.11 bits per heavy atom. The standard InChI is InChI=1S/C13H7BrF2O2/c14-9-5-4-7(6-8(9)13(17)18)12-10(15)2-1-3-11(12)16/h1-6H,(H,17,18). The summed E-state index contributed by atoms with van der Waals surface area (Å²) in [6, 6.07) is 7.64. The minimum Gasteiger partial charge on any atom is -0.478 e. The van der Waals surface area contributed by atoms with E-state index in [2.05, 4.69) is 15.9 Å². The van der Waals surface area contributed by atoms with Crippen LogP contribution in [0.15, 0.2) is 40.9 Å². The maximum Gasteiger partial charge on any atom is 0.336 e. The predicted octanol–water partition coefficient (Wildman–Crippen LogP) is 4.09. The second kappa shape index (κ2) is 4.86. The molecule has 92 valence electrons. The van der Waals surface area contributed by atoms with Gasteiger partial charge in [0, 0.05) is 4.47 Å². The smallest absolute Gasteiger partial charge is 0.336 e. The maximum absolute atomic E-state index is 13.6. The van der Waals surface area contributed by atoms with Crippen molar-refractivity contribution in [2.75, 3.05) is 0 Å². The Hall–Kier alpha value is -1.75. The zero-order valence-corrected chi connectivity index (χ0v) is 10.5. The summed E-state index contributed by atoms with van der Waals surface area (Å²) in [6.45, 7) is 0. The van der Waals surface area contributed by atoms with Gasteiger partial charge in [-0.3, -0.25) is 0 Å². The van der Waals surface area contributed by atoms with E-state index >= 15 is 0 Å². The van der Waals surface area contributed by atoms with Crippen molar-refractivity contribution >= 4 is 21.9 Å². The molecule has 0 aliphatic heterocycles. The number of carboxylic acid groups (broad SMARTS) is 1. The molecule has 2 nitrogen and oxygen atoms in total. The summed E-state index contributed by atoms with van der Waals surface area (Å²) in [5.74, 6) is -2.62. The zero-order valence-electron chi connectivity index (χ0n) is 8.95. The molecule has 0 saturated heterocycles. The fourth-order valence-electron chi connectivity index (χ4n) is 1.62. The van der Waals surface area contributed by atoms with Gasteiger partial charge in [-0.15, -0.1) is 0 Å². The average Bonchev–Trinajstić information content (AvgIpc) is 2.30. The molecule has 0 amide bonds. The van der Waals surface area contributed by atoms with E-state index in [4.69, 9.17) is 5.11 Å². The van der Waals surface area contributed by atoms with E-state index in [-0.39, 0.29) is 16.7 Å². The molecular formula is C13H7BrF2O2. The fourth-order valence-corrected chi connectivity index (χ4v) is 2.03. The van der Waals surface area contributed by atoms with Gasteiger partial charge in [-0.1, -0.05) is 12.1 Å². The summed E-state index contributed by atoms with van der Waals surface area (Å²) in [7, 11) is 0. The van der Waals surface area contributed by atoms with Crippen LogP contribution in [-0.4, -0.2) is 11.1 Å². The third kappa shape index (κ3) is 2.26. The monoisotopic (exact) mass is 312 g/mol. The molecule has 1 N–H and O–H groups in total. The topological polar surface area (TPSA) is 37.3 Å². The Labute approximate surface area is 110 Å². The minimum absolute atomic E-state index is 0.0462. The molecule has 0 bridgehead atoms. The highest BCUT2D eigenvalue weighted by Gasteiger charge is 2.15. The van der Waals surface area contributed by atoms with Crippen molar-refractivity contribution in [2.45, 2.75) is 0 Å². The molecule has 2 aromatic rings. The van der Waals surface area contributed by atoms with Crippen LogP contribution in [-0.2, 0) is 0 Å². The Kier molecular flexibility index (Phi) is 3.43. The number of halogens is 3. The molecule has 0 fully saturated rings. The molecule has 5 heteroatoms. The van der Waals surface area contributed by atoms with Crippen molar-refractivity contribution in [3.05, 3.63) is 58.1 Å². The molecule has 2 rings (SSSR count). The lowest BCUT2D eigenvalue weighted by atomic mass is 10.0. The SMILES string of the molecule is O=C(O)c1cc(-c2c(F)cccc2F)ccc1Br. The van der Waals surface area contributed by atoms with E-state index in [0.29, 0.717) is 4.47 Å². The van der Waals surface area contributed by atoms with Crippen LogP contribution >= 0.6 is 15.9 Å². The van der Waals surface area contributed by atoms with Gasteiger partial charge >= 0.3 is 5.97 Å². The van der Waals surface area contributed by atoms with Crippen molar-refractivity contribution in [3.63, 3.8) is 0 Å². The summed E-state index contributed by atoms with van der Waals surface area (Å²) in [4.78, 5) is 11.0. The molecule has 0 spiro atoms. The van der Waals surface area contributed by atoms with E-state index in [1.807, 2.05) is 0 Å². The van der Waals surface area contributed by atoms with Gasteiger partial charge in [0.1, 0.15) is 11.6 Å². The van der Waals surface area contributed by atoms with Gasteiger partial charge in [0.15, 0.2) is 0 Å². The normalized spacial score (nSPS) is 10.4. The lowest BCUT2D eigenvalue weighted by molar-refractivity contribution is 0.0696. The van der Waals surface area contributed by atoms with Gasteiger partial charge in [-0.2, -0.15) is 0 Å². The number of carbonyl (C=O) groups is 1. The first-order valence-electron chi connectivity index (χ1n) is 4.98. The largest absolute Gasteiger partial charge is 0.478 e. The van der Waals surface area contributed by atoms with Gasteiger partial charge in [0.05, 0.1) is 11.1 Å². The Bertz CT molecular complexity index is 606. The number of rotatable bonds is 2.